The smallest absolute Gasteiger partial charge is 0.242 e. The van der Waals surface area contributed by atoms with Crippen LogP contribution in [0.4, 0.5) is 5.69 Å². The van der Waals surface area contributed by atoms with Gasteiger partial charge >= 0.3 is 0 Å². The van der Waals surface area contributed by atoms with Crippen LogP contribution >= 0.6 is 15.9 Å². The first kappa shape index (κ1) is 11.5. The summed E-state index contributed by atoms with van der Waals surface area (Å²) in [5.74, 6) is 0. The maximum absolute atomic E-state index is 11.3. The third-order valence-electron chi connectivity index (χ3n) is 1.75. The summed E-state index contributed by atoms with van der Waals surface area (Å²) in [6.07, 6.45) is 1.65. The van der Waals surface area contributed by atoms with Gasteiger partial charge in [0.15, 0.2) is 0 Å². The Kier molecular flexibility index (Phi) is 3.49. The lowest BCUT2D eigenvalue weighted by molar-refractivity contribution is 0.606. The molecular formula is C8H11BrN2O2S. The van der Waals surface area contributed by atoms with E-state index in [1.165, 1.54) is 0 Å². The van der Waals surface area contributed by atoms with Crippen molar-refractivity contribution in [3.05, 3.63) is 23.5 Å². The Morgan fingerprint density at radius 3 is 2.64 bits per heavy atom. The average Bonchev–Trinajstić information content (AvgIpc) is 2.12. The van der Waals surface area contributed by atoms with Gasteiger partial charge in [-0.25, -0.2) is 8.42 Å². The summed E-state index contributed by atoms with van der Waals surface area (Å²) in [7, 11) is -3.29. The zero-order valence-electron chi connectivity index (χ0n) is 7.91. The molecule has 1 rings (SSSR count). The number of pyridine rings is 1. The normalized spacial score (nSPS) is 11.4. The molecule has 0 aliphatic carbocycles. The molecule has 0 amide bonds. The van der Waals surface area contributed by atoms with Gasteiger partial charge in [-0.05, 0) is 25.5 Å². The van der Waals surface area contributed by atoms with E-state index < -0.39 is 10.0 Å². The zero-order valence-corrected chi connectivity index (χ0v) is 10.3. The minimum atomic E-state index is -3.29. The molecule has 0 bridgehead atoms. The molecule has 0 saturated heterocycles. The third-order valence-corrected chi connectivity index (χ3v) is 4.36. The van der Waals surface area contributed by atoms with Crippen LogP contribution in [-0.2, 0) is 10.0 Å². The molecule has 14 heavy (non-hydrogen) atoms. The first-order valence-corrected chi connectivity index (χ1v) is 6.72. The fourth-order valence-electron chi connectivity index (χ4n) is 1.03. The Bertz CT molecular complexity index is 411. The SMILES string of the molecule is Cc1ccnc(C)c1NS(=O)(=O)CBr. The quantitative estimate of drug-likeness (QED) is 0.858. The number of nitrogens with one attached hydrogen (secondary N) is 1. The lowest BCUT2D eigenvalue weighted by atomic mass is 10.2. The number of sulfonamides is 1. The molecule has 6 heteroatoms. The maximum atomic E-state index is 11.3. The monoisotopic (exact) mass is 278 g/mol. The Morgan fingerprint density at radius 1 is 1.50 bits per heavy atom. The second-order valence-electron chi connectivity index (χ2n) is 2.91. The summed E-state index contributed by atoms with van der Waals surface area (Å²) in [5, 5.41) is 0. The van der Waals surface area contributed by atoms with Gasteiger partial charge in [-0.1, -0.05) is 15.9 Å². The molecule has 78 valence electrons. The Morgan fingerprint density at radius 2 is 2.14 bits per heavy atom. The molecule has 0 atom stereocenters. The highest BCUT2D eigenvalue weighted by Gasteiger charge is 2.11. The highest BCUT2D eigenvalue weighted by Crippen LogP contribution is 2.18. The van der Waals surface area contributed by atoms with Crippen LogP contribution in [0.5, 0.6) is 0 Å². The number of hydrogen-bond acceptors (Lipinski definition) is 3. The van der Waals surface area contributed by atoms with Crippen LogP contribution in [0.2, 0.25) is 0 Å². The van der Waals surface area contributed by atoms with Crippen LogP contribution < -0.4 is 4.72 Å². The number of hydrogen-bond donors (Lipinski definition) is 1. The van der Waals surface area contributed by atoms with Crippen molar-refractivity contribution in [2.24, 2.45) is 0 Å². The summed E-state index contributed by atoms with van der Waals surface area (Å²) in [5.41, 5.74) is 2.10. The minimum Gasteiger partial charge on any atom is -0.281 e. The van der Waals surface area contributed by atoms with Gasteiger partial charge in [-0.15, -0.1) is 0 Å². The molecule has 0 unspecified atom stereocenters. The van der Waals surface area contributed by atoms with Gasteiger partial charge in [-0.2, -0.15) is 0 Å². The molecule has 0 fully saturated rings. The third kappa shape index (κ3) is 2.68. The Labute approximate surface area is 91.9 Å². The van der Waals surface area contributed by atoms with Crippen LogP contribution in [0.3, 0.4) is 0 Å². The molecular weight excluding hydrogens is 268 g/mol. The first-order chi connectivity index (χ1) is 6.46. The van der Waals surface area contributed by atoms with Crippen molar-refractivity contribution in [1.82, 2.24) is 4.98 Å². The molecule has 0 aliphatic heterocycles. The zero-order chi connectivity index (χ0) is 10.8. The molecule has 4 nitrogen and oxygen atoms in total. The lowest BCUT2D eigenvalue weighted by Crippen LogP contribution is -2.15. The summed E-state index contributed by atoms with van der Waals surface area (Å²) >= 11 is 2.91. The molecule has 0 spiro atoms. The molecule has 1 heterocycles. The van der Waals surface area contributed by atoms with E-state index in [1.54, 1.807) is 19.2 Å². The molecule has 1 N–H and O–H groups in total. The van der Waals surface area contributed by atoms with E-state index in [2.05, 4.69) is 25.6 Å². The van der Waals surface area contributed by atoms with Crippen molar-refractivity contribution in [1.29, 1.82) is 0 Å². The van der Waals surface area contributed by atoms with Gasteiger partial charge in [0.2, 0.25) is 10.0 Å². The number of halogens is 1. The van der Waals surface area contributed by atoms with Gasteiger partial charge in [0.25, 0.3) is 0 Å². The van der Waals surface area contributed by atoms with E-state index in [1.807, 2.05) is 6.92 Å². The van der Waals surface area contributed by atoms with Gasteiger partial charge < -0.3 is 0 Å². The van der Waals surface area contributed by atoms with Gasteiger partial charge in [0.05, 0.1) is 11.4 Å². The van der Waals surface area contributed by atoms with E-state index in [9.17, 15) is 8.42 Å². The Hall–Kier alpha value is -0.620. The first-order valence-electron chi connectivity index (χ1n) is 3.95. The standard InChI is InChI=1S/C8H11BrN2O2S/c1-6-3-4-10-7(2)8(6)11-14(12,13)5-9/h3-4,11H,5H2,1-2H3. The number of alkyl halides is 1. The number of aromatic nitrogens is 1. The van der Waals surface area contributed by atoms with Crippen molar-refractivity contribution in [3.63, 3.8) is 0 Å². The Balaban J connectivity index is 3.09. The summed E-state index contributed by atoms with van der Waals surface area (Å²) in [6, 6.07) is 1.76. The van der Waals surface area contributed by atoms with Crippen LogP contribution in [0, 0.1) is 13.8 Å². The van der Waals surface area contributed by atoms with Crippen molar-refractivity contribution in [2.75, 3.05) is 9.38 Å². The molecule has 0 aromatic carbocycles. The molecule has 0 saturated carbocycles. The van der Waals surface area contributed by atoms with Gasteiger partial charge in [-0.3, -0.25) is 9.71 Å². The van der Waals surface area contributed by atoms with Crippen LogP contribution in [0.15, 0.2) is 12.3 Å². The molecule has 0 aliphatic rings. The predicted molar refractivity (Wildman–Crippen MR) is 60.0 cm³/mol. The van der Waals surface area contributed by atoms with Crippen LogP contribution in [0.25, 0.3) is 0 Å². The van der Waals surface area contributed by atoms with Crippen LogP contribution in [0.1, 0.15) is 11.3 Å². The van der Waals surface area contributed by atoms with E-state index in [0.29, 0.717) is 11.4 Å². The summed E-state index contributed by atoms with van der Waals surface area (Å²) in [6.45, 7) is 3.60. The lowest BCUT2D eigenvalue weighted by Gasteiger charge is -2.10. The largest absolute Gasteiger partial charge is 0.281 e. The van der Waals surface area contributed by atoms with Crippen molar-refractivity contribution in [2.45, 2.75) is 13.8 Å². The van der Waals surface area contributed by atoms with Crippen molar-refractivity contribution in [3.8, 4) is 0 Å². The fourth-order valence-corrected chi connectivity index (χ4v) is 2.05. The van der Waals surface area contributed by atoms with Crippen molar-refractivity contribution < 1.29 is 8.42 Å². The second-order valence-corrected chi connectivity index (χ2v) is 5.94. The number of aryl methyl sites for hydroxylation is 2. The predicted octanol–water partition coefficient (Wildman–Crippen LogP) is 1.79. The average molecular weight is 279 g/mol. The van der Waals surface area contributed by atoms with E-state index in [-0.39, 0.29) is 4.66 Å². The second kappa shape index (κ2) is 4.27. The minimum absolute atomic E-state index is 0.117. The maximum Gasteiger partial charge on any atom is 0.242 e. The summed E-state index contributed by atoms with van der Waals surface area (Å²) < 4.78 is 24.9. The molecule has 0 radical (unpaired) electrons. The number of anilines is 1. The van der Waals surface area contributed by atoms with Crippen LogP contribution in [-0.4, -0.2) is 18.1 Å². The highest BCUT2D eigenvalue weighted by molar-refractivity contribution is 9.10. The topological polar surface area (TPSA) is 59.1 Å². The molecule has 1 aromatic rings. The van der Waals surface area contributed by atoms with E-state index >= 15 is 0 Å². The van der Waals surface area contributed by atoms with Gasteiger partial charge in [0.1, 0.15) is 4.66 Å². The fraction of sp³-hybridized carbons (Fsp3) is 0.375. The van der Waals surface area contributed by atoms with Crippen molar-refractivity contribution >= 4 is 31.6 Å². The highest BCUT2D eigenvalue weighted by atomic mass is 79.9. The van der Waals surface area contributed by atoms with E-state index in [4.69, 9.17) is 0 Å². The molecule has 1 aromatic heterocycles. The van der Waals surface area contributed by atoms with E-state index in [0.717, 1.165) is 5.56 Å². The number of nitrogens with zero attached hydrogens (tertiary/aromatic N) is 1. The van der Waals surface area contributed by atoms with Gasteiger partial charge in [0, 0.05) is 6.20 Å². The number of rotatable bonds is 3. The summed E-state index contributed by atoms with van der Waals surface area (Å²) in [4.78, 5) is 4.02.